The summed E-state index contributed by atoms with van der Waals surface area (Å²) in [5.74, 6) is 2.65. The molecule has 0 radical (unpaired) electrons. The van der Waals surface area contributed by atoms with Crippen LogP contribution in [0, 0.1) is 0 Å². The van der Waals surface area contributed by atoms with Crippen molar-refractivity contribution in [1.29, 1.82) is 0 Å². The number of fused-ring (bicyclic) bond motifs is 3. The van der Waals surface area contributed by atoms with Gasteiger partial charge in [0.25, 0.3) is 6.47 Å². The van der Waals surface area contributed by atoms with Gasteiger partial charge < -0.3 is 29.5 Å². The van der Waals surface area contributed by atoms with Gasteiger partial charge in [-0.2, -0.15) is 0 Å². The molecule has 8 heteroatoms. The van der Waals surface area contributed by atoms with Gasteiger partial charge in [0.2, 0.25) is 0 Å². The van der Waals surface area contributed by atoms with Crippen LogP contribution in [0.15, 0.2) is 12.1 Å². The van der Waals surface area contributed by atoms with Gasteiger partial charge in [0, 0.05) is 24.6 Å². The molecular weight excluding hydrogens is 422 g/mol. The third kappa shape index (κ3) is 5.68. The standard InChI is InChI=1S/C24H33N3O3.CH2O2/c1-28-22-14-20-18-6-4-7-19(18)24(25-17-8-13-29-16-17)26-21(20)15-23(22)30-12-5-11-27-9-2-3-10-27;2-1-3/h14-15,17H,2-13,16H2,1H3,(H,25,26);1H,(H,2,3)/t17-;/m0./s1. The molecule has 1 aliphatic carbocycles. The zero-order valence-corrected chi connectivity index (χ0v) is 19.5. The van der Waals surface area contributed by atoms with E-state index in [1.165, 1.54) is 48.9 Å². The molecule has 1 aromatic carbocycles. The zero-order valence-electron chi connectivity index (χ0n) is 19.5. The molecule has 0 unspecified atom stereocenters. The molecule has 33 heavy (non-hydrogen) atoms. The summed E-state index contributed by atoms with van der Waals surface area (Å²) in [5.41, 5.74) is 3.78. The number of nitrogens with one attached hydrogen (secondary N) is 1. The van der Waals surface area contributed by atoms with E-state index in [0.717, 1.165) is 68.3 Å². The Balaban J connectivity index is 0.000000821. The number of aromatic nitrogens is 1. The first kappa shape index (κ1) is 23.6. The maximum absolute atomic E-state index is 8.36. The van der Waals surface area contributed by atoms with Gasteiger partial charge in [-0.15, -0.1) is 0 Å². The van der Waals surface area contributed by atoms with E-state index in [2.05, 4.69) is 22.3 Å². The zero-order chi connectivity index (χ0) is 23.0. The largest absolute Gasteiger partial charge is 0.493 e. The fourth-order valence-electron chi connectivity index (χ4n) is 5.08. The number of anilines is 1. The predicted octanol–water partition coefficient (Wildman–Crippen LogP) is 3.50. The number of rotatable bonds is 8. The Labute approximate surface area is 195 Å². The fraction of sp³-hybridized carbons (Fsp3) is 0.600. The fourth-order valence-corrected chi connectivity index (χ4v) is 5.08. The maximum atomic E-state index is 8.36. The second kappa shape index (κ2) is 11.5. The average Bonchev–Trinajstić information content (AvgIpc) is 3.60. The van der Waals surface area contributed by atoms with E-state index in [1.807, 2.05) is 0 Å². The van der Waals surface area contributed by atoms with Crippen molar-refractivity contribution >= 4 is 23.2 Å². The highest BCUT2D eigenvalue weighted by molar-refractivity contribution is 5.89. The first-order valence-electron chi connectivity index (χ1n) is 12.0. The second-order valence-electron chi connectivity index (χ2n) is 8.85. The Morgan fingerprint density at radius 1 is 1.21 bits per heavy atom. The number of hydrogen-bond donors (Lipinski definition) is 2. The molecule has 0 saturated carbocycles. The molecule has 2 saturated heterocycles. The highest BCUT2D eigenvalue weighted by Gasteiger charge is 2.24. The van der Waals surface area contributed by atoms with E-state index in [9.17, 15) is 0 Å². The van der Waals surface area contributed by atoms with Crippen LogP contribution >= 0.6 is 0 Å². The lowest BCUT2D eigenvalue weighted by Gasteiger charge is -2.19. The van der Waals surface area contributed by atoms with Gasteiger partial charge in [0.1, 0.15) is 5.82 Å². The number of benzene rings is 1. The quantitative estimate of drug-likeness (QED) is 0.460. The van der Waals surface area contributed by atoms with Crippen LogP contribution in [0.4, 0.5) is 5.82 Å². The molecule has 3 heterocycles. The lowest BCUT2D eigenvalue weighted by molar-refractivity contribution is -0.122. The van der Waals surface area contributed by atoms with E-state index in [4.69, 9.17) is 29.1 Å². The second-order valence-corrected chi connectivity index (χ2v) is 8.85. The van der Waals surface area contributed by atoms with Crippen LogP contribution in [-0.2, 0) is 22.4 Å². The third-order valence-corrected chi connectivity index (χ3v) is 6.69. The van der Waals surface area contributed by atoms with Crippen LogP contribution in [0.25, 0.3) is 10.9 Å². The minimum Gasteiger partial charge on any atom is -0.493 e. The average molecular weight is 458 g/mol. The van der Waals surface area contributed by atoms with Gasteiger partial charge in [-0.1, -0.05) is 0 Å². The molecule has 3 aliphatic rings. The highest BCUT2D eigenvalue weighted by atomic mass is 16.5. The number of likely N-dealkylation sites (tertiary alicyclic amines) is 1. The summed E-state index contributed by atoms with van der Waals surface area (Å²) in [4.78, 5) is 15.9. The predicted molar refractivity (Wildman–Crippen MR) is 128 cm³/mol. The van der Waals surface area contributed by atoms with Crippen molar-refractivity contribution in [1.82, 2.24) is 9.88 Å². The van der Waals surface area contributed by atoms with Crippen molar-refractivity contribution in [3.05, 3.63) is 23.3 Å². The summed E-state index contributed by atoms with van der Waals surface area (Å²) in [6.07, 6.45) is 8.12. The molecule has 2 fully saturated rings. The molecule has 2 N–H and O–H groups in total. The molecule has 180 valence electrons. The van der Waals surface area contributed by atoms with Crippen LogP contribution < -0.4 is 14.8 Å². The van der Waals surface area contributed by atoms with E-state index in [1.54, 1.807) is 7.11 Å². The van der Waals surface area contributed by atoms with Gasteiger partial charge in [0.15, 0.2) is 11.5 Å². The Morgan fingerprint density at radius 2 is 2.00 bits per heavy atom. The number of carboxylic acid groups (broad SMARTS) is 1. The Morgan fingerprint density at radius 3 is 2.73 bits per heavy atom. The summed E-state index contributed by atoms with van der Waals surface area (Å²) in [5, 5.41) is 11.7. The Bertz CT molecular complexity index is 940. The van der Waals surface area contributed by atoms with Crippen LogP contribution in [0.3, 0.4) is 0 Å². The molecule has 2 aliphatic heterocycles. The first-order valence-corrected chi connectivity index (χ1v) is 12.0. The van der Waals surface area contributed by atoms with E-state index < -0.39 is 0 Å². The van der Waals surface area contributed by atoms with Crippen molar-refractivity contribution in [3.63, 3.8) is 0 Å². The van der Waals surface area contributed by atoms with Gasteiger partial charge in [-0.05, 0) is 75.2 Å². The normalized spacial score (nSPS) is 19.7. The van der Waals surface area contributed by atoms with Crippen molar-refractivity contribution < 1.29 is 24.1 Å². The molecule has 2 aromatic rings. The number of aryl methyl sites for hydroxylation is 1. The van der Waals surface area contributed by atoms with Crippen molar-refractivity contribution in [3.8, 4) is 11.5 Å². The molecule has 1 atom stereocenters. The van der Waals surface area contributed by atoms with Gasteiger partial charge in [-0.25, -0.2) is 4.98 Å². The van der Waals surface area contributed by atoms with Gasteiger partial charge in [-0.3, -0.25) is 4.79 Å². The Kier molecular flexibility index (Phi) is 8.23. The lowest BCUT2D eigenvalue weighted by Crippen LogP contribution is -2.22. The van der Waals surface area contributed by atoms with Crippen molar-refractivity contribution in [2.45, 2.75) is 51.0 Å². The summed E-state index contributed by atoms with van der Waals surface area (Å²) in [7, 11) is 1.72. The molecule has 0 amide bonds. The summed E-state index contributed by atoms with van der Waals surface area (Å²) in [6, 6.07) is 4.56. The maximum Gasteiger partial charge on any atom is 0.290 e. The number of ether oxygens (including phenoxy) is 3. The van der Waals surface area contributed by atoms with Crippen LogP contribution in [0.5, 0.6) is 11.5 Å². The van der Waals surface area contributed by atoms with Gasteiger partial charge in [0.05, 0.1) is 31.9 Å². The van der Waals surface area contributed by atoms with E-state index in [0.29, 0.717) is 12.6 Å². The molecule has 8 nitrogen and oxygen atoms in total. The number of hydrogen-bond acceptors (Lipinski definition) is 7. The van der Waals surface area contributed by atoms with Crippen molar-refractivity contribution in [2.75, 3.05) is 51.9 Å². The summed E-state index contributed by atoms with van der Waals surface area (Å²) < 4.78 is 17.4. The minimum atomic E-state index is -0.250. The Hall–Kier alpha value is -2.58. The smallest absolute Gasteiger partial charge is 0.290 e. The van der Waals surface area contributed by atoms with E-state index >= 15 is 0 Å². The molecular formula is C25H35N3O5. The summed E-state index contributed by atoms with van der Waals surface area (Å²) in [6.45, 7) is 5.63. The molecule has 0 spiro atoms. The number of methoxy groups -OCH3 is 1. The van der Waals surface area contributed by atoms with Crippen LogP contribution in [-0.4, -0.2) is 74.1 Å². The first-order chi connectivity index (χ1) is 16.2. The van der Waals surface area contributed by atoms with E-state index in [-0.39, 0.29) is 6.47 Å². The number of carbonyl (C=O) groups is 1. The summed E-state index contributed by atoms with van der Waals surface area (Å²) >= 11 is 0. The lowest BCUT2D eigenvalue weighted by atomic mass is 10.0. The highest BCUT2D eigenvalue weighted by Crippen LogP contribution is 2.39. The molecule has 5 rings (SSSR count). The number of pyridine rings is 1. The van der Waals surface area contributed by atoms with Crippen molar-refractivity contribution in [2.24, 2.45) is 0 Å². The SMILES string of the molecule is COc1cc2c3c(c(N[C@H]4CCOC4)nc2cc1OCCCN1CCCC1)CCC3.O=CO. The van der Waals surface area contributed by atoms with Crippen LogP contribution in [0.2, 0.25) is 0 Å². The number of nitrogens with zero attached hydrogens (tertiary/aromatic N) is 2. The topological polar surface area (TPSA) is 93.2 Å². The monoisotopic (exact) mass is 457 g/mol. The third-order valence-electron chi connectivity index (χ3n) is 6.69. The van der Waals surface area contributed by atoms with Crippen LogP contribution in [0.1, 0.15) is 43.2 Å². The minimum absolute atomic E-state index is 0.250. The molecule has 0 bridgehead atoms. The molecule has 1 aromatic heterocycles. The van der Waals surface area contributed by atoms with Gasteiger partial charge >= 0.3 is 0 Å².